The number of benzene rings is 1. The van der Waals surface area contributed by atoms with Crippen LogP contribution >= 0.6 is 0 Å². The number of nitrogens with one attached hydrogen (secondary N) is 1. The summed E-state index contributed by atoms with van der Waals surface area (Å²) in [6, 6.07) is 8.51. The first kappa shape index (κ1) is 18.8. The molecule has 0 radical (unpaired) electrons. The lowest BCUT2D eigenvalue weighted by Crippen LogP contribution is -2.60. The Labute approximate surface area is 165 Å². The van der Waals surface area contributed by atoms with E-state index in [0.29, 0.717) is 11.3 Å². The molecule has 148 valence electrons. The molecule has 0 saturated heterocycles. The van der Waals surface area contributed by atoms with E-state index in [2.05, 4.69) is 5.32 Å². The highest BCUT2D eigenvalue weighted by molar-refractivity contribution is 5.82. The quantitative estimate of drug-likeness (QED) is 0.764. The largest absolute Gasteiger partial charge is 0.479 e. The number of nitriles is 1. The maximum Gasteiger partial charge on any atom is 0.347 e. The standard InChI is InChI=1S/C22H26N2O4/c1-14(28-19-4-2-15(12-23)3-5-19)21(26)27-13-20(25)24-22-9-16-6-17(10-22)8-18(7-16)11-22/h2-5,14,16-18H,6-11,13H2,1H3,(H,24,25)/t14-,16?,17?,18?,22?/m0/s1. The number of carbonyl (C=O) groups is 2. The summed E-state index contributed by atoms with van der Waals surface area (Å²) in [6.45, 7) is 1.30. The van der Waals surface area contributed by atoms with Crippen molar-refractivity contribution in [3.8, 4) is 11.8 Å². The predicted octanol–water partition coefficient (Wildman–Crippen LogP) is 2.95. The van der Waals surface area contributed by atoms with Crippen molar-refractivity contribution in [2.45, 2.75) is 57.1 Å². The second-order valence-corrected chi connectivity index (χ2v) is 8.75. The van der Waals surface area contributed by atoms with Crippen molar-refractivity contribution < 1.29 is 19.1 Å². The monoisotopic (exact) mass is 382 g/mol. The molecule has 4 aliphatic rings. The molecular formula is C22H26N2O4. The van der Waals surface area contributed by atoms with Crippen LogP contribution in [0.1, 0.15) is 51.0 Å². The topological polar surface area (TPSA) is 88.4 Å². The number of esters is 1. The van der Waals surface area contributed by atoms with E-state index in [-0.39, 0.29) is 18.1 Å². The Morgan fingerprint density at radius 1 is 1.14 bits per heavy atom. The van der Waals surface area contributed by atoms with E-state index in [4.69, 9.17) is 14.7 Å². The molecule has 4 fully saturated rings. The van der Waals surface area contributed by atoms with Gasteiger partial charge >= 0.3 is 5.97 Å². The van der Waals surface area contributed by atoms with Crippen LogP contribution in [0.15, 0.2) is 24.3 Å². The van der Waals surface area contributed by atoms with Crippen molar-refractivity contribution in [3.63, 3.8) is 0 Å². The van der Waals surface area contributed by atoms with E-state index in [1.807, 2.05) is 6.07 Å². The van der Waals surface area contributed by atoms with Gasteiger partial charge in [0.1, 0.15) is 5.75 Å². The molecule has 28 heavy (non-hydrogen) atoms. The highest BCUT2D eigenvalue weighted by atomic mass is 16.6. The van der Waals surface area contributed by atoms with Crippen molar-refractivity contribution in [2.75, 3.05) is 6.61 Å². The van der Waals surface area contributed by atoms with E-state index in [1.165, 1.54) is 19.3 Å². The Morgan fingerprint density at radius 3 is 2.25 bits per heavy atom. The number of amides is 1. The molecule has 6 heteroatoms. The van der Waals surface area contributed by atoms with Crippen molar-refractivity contribution in [1.82, 2.24) is 5.32 Å². The van der Waals surface area contributed by atoms with Gasteiger partial charge in [0.25, 0.3) is 5.91 Å². The summed E-state index contributed by atoms with van der Waals surface area (Å²) in [7, 11) is 0. The van der Waals surface area contributed by atoms with Crippen LogP contribution in [0.2, 0.25) is 0 Å². The maximum absolute atomic E-state index is 12.4. The van der Waals surface area contributed by atoms with Gasteiger partial charge in [-0.1, -0.05) is 0 Å². The first-order chi connectivity index (χ1) is 13.4. The highest BCUT2D eigenvalue weighted by Crippen LogP contribution is 2.55. The zero-order chi connectivity index (χ0) is 19.7. The molecule has 6 nitrogen and oxygen atoms in total. The van der Waals surface area contributed by atoms with Crippen LogP contribution in [0.3, 0.4) is 0 Å². The van der Waals surface area contributed by atoms with E-state index in [0.717, 1.165) is 37.0 Å². The van der Waals surface area contributed by atoms with Gasteiger partial charge in [0.2, 0.25) is 0 Å². The lowest BCUT2D eigenvalue weighted by atomic mass is 9.53. The summed E-state index contributed by atoms with van der Waals surface area (Å²) in [4.78, 5) is 24.6. The molecule has 5 rings (SSSR count). The first-order valence-corrected chi connectivity index (χ1v) is 10.1. The lowest BCUT2D eigenvalue weighted by Gasteiger charge is -2.56. The normalized spacial score (nSPS) is 30.9. The van der Waals surface area contributed by atoms with Gasteiger partial charge in [-0.25, -0.2) is 4.79 Å². The number of carbonyl (C=O) groups excluding carboxylic acids is 2. The minimum atomic E-state index is -0.833. The third-order valence-electron chi connectivity index (χ3n) is 6.42. The smallest absolute Gasteiger partial charge is 0.347 e. The van der Waals surface area contributed by atoms with Gasteiger partial charge in [-0.15, -0.1) is 0 Å². The number of nitrogens with zero attached hydrogens (tertiary/aromatic N) is 1. The van der Waals surface area contributed by atoms with Crippen molar-refractivity contribution in [3.05, 3.63) is 29.8 Å². The molecule has 0 unspecified atom stereocenters. The van der Waals surface area contributed by atoms with Crippen LogP contribution in [0.25, 0.3) is 0 Å². The summed E-state index contributed by atoms with van der Waals surface area (Å²) in [5.74, 6) is 1.91. The molecule has 0 aliphatic heterocycles. The molecule has 4 bridgehead atoms. The second kappa shape index (κ2) is 7.46. The number of rotatable bonds is 6. The van der Waals surface area contributed by atoms with Crippen LogP contribution in [0.5, 0.6) is 5.75 Å². The molecule has 1 aromatic carbocycles. The molecule has 0 heterocycles. The summed E-state index contributed by atoms with van der Waals surface area (Å²) in [5.41, 5.74) is 0.437. The molecule has 0 aromatic heterocycles. The van der Waals surface area contributed by atoms with Gasteiger partial charge in [-0.2, -0.15) is 5.26 Å². The van der Waals surface area contributed by atoms with E-state index < -0.39 is 12.1 Å². The Hall–Kier alpha value is -2.55. The average molecular weight is 382 g/mol. The second-order valence-electron chi connectivity index (χ2n) is 8.75. The SMILES string of the molecule is C[C@H](Oc1ccc(C#N)cc1)C(=O)OCC(=O)NC12CC3CC(CC(C3)C1)C2. The maximum atomic E-state index is 12.4. The van der Waals surface area contributed by atoms with Crippen LogP contribution in [-0.4, -0.2) is 30.1 Å². The molecule has 1 aromatic rings. The van der Waals surface area contributed by atoms with E-state index >= 15 is 0 Å². The molecule has 4 aliphatic carbocycles. The predicted molar refractivity (Wildman–Crippen MR) is 101 cm³/mol. The number of ether oxygens (including phenoxy) is 2. The highest BCUT2D eigenvalue weighted by Gasteiger charge is 2.51. The van der Waals surface area contributed by atoms with E-state index in [9.17, 15) is 9.59 Å². The van der Waals surface area contributed by atoms with Crippen LogP contribution < -0.4 is 10.1 Å². The molecule has 1 N–H and O–H groups in total. The van der Waals surface area contributed by atoms with Gasteiger partial charge in [-0.3, -0.25) is 4.79 Å². The Morgan fingerprint density at radius 2 is 1.71 bits per heavy atom. The number of hydrogen-bond acceptors (Lipinski definition) is 5. The first-order valence-electron chi connectivity index (χ1n) is 10.1. The fraction of sp³-hybridized carbons (Fsp3) is 0.591. The fourth-order valence-corrected chi connectivity index (χ4v) is 5.71. The zero-order valence-corrected chi connectivity index (χ0v) is 16.1. The Bertz CT molecular complexity index is 760. The summed E-state index contributed by atoms with van der Waals surface area (Å²) in [5, 5.41) is 12.0. The summed E-state index contributed by atoms with van der Waals surface area (Å²) in [6.07, 6.45) is 6.31. The zero-order valence-electron chi connectivity index (χ0n) is 16.1. The summed E-state index contributed by atoms with van der Waals surface area (Å²) >= 11 is 0. The van der Waals surface area contributed by atoms with Crippen molar-refractivity contribution in [1.29, 1.82) is 5.26 Å². The van der Waals surface area contributed by atoms with Gasteiger partial charge in [-0.05, 0) is 87.5 Å². The average Bonchev–Trinajstić information content (AvgIpc) is 2.65. The Kier molecular flexibility index (Phi) is 5.01. The molecular weight excluding hydrogens is 356 g/mol. The molecule has 1 atom stereocenters. The van der Waals surface area contributed by atoms with Crippen molar-refractivity contribution >= 4 is 11.9 Å². The molecule has 0 spiro atoms. The van der Waals surface area contributed by atoms with E-state index in [1.54, 1.807) is 31.2 Å². The minimum Gasteiger partial charge on any atom is -0.479 e. The Balaban J connectivity index is 1.25. The van der Waals surface area contributed by atoms with Crippen LogP contribution in [0, 0.1) is 29.1 Å². The van der Waals surface area contributed by atoms with Crippen molar-refractivity contribution in [2.24, 2.45) is 17.8 Å². The fourth-order valence-electron chi connectivity index (χ4n) is 5.71. The molecule has 1 amide bonds. The number of hydrogen-bond donors (Lipinski definition) is 1. The van der Waals surface area contributed by atoms with Crippen LogP contribution in [0.4, 0.5) is 0 Å². The van der Waals surface area contributed by atoms with Gasteiger partial charge < -0.3 is 14.8 Å². The van der Waals surface area contributed by atoms with Crippen LogP contribution in [-0.2, 0) is 14.3 Å². The van der Waals surface area contributed by atoms with Gasteiger partial charge in [0.05, 0.1) is 11.6 Å². The minimum absolute atomic E-state index is 0.0805. The third-order valence-corrected chi connectivity index (χ3v) is 6.42. The van der Waals surface area contributed by atoms with Gasteiger partial charge in [0, 0.05) is 5.54 Å². The lowest BCUT2D eigenvalue weighted by molar-refractivity contribution is -0.155. The molecule has 4 saturated carbocycles. The summed E-state index contributed by atoms with van der Waals surface area (Å²) < 4.78 is 10.7. The third kappa shape index (κ3) is 3.99. The van der Waals surface area contributed by atoms with Gasteiger partial charge in [0.15, 0.2) is 12.7 Å².